The van der Waals surface area contributed by atoms with E-state index in [2.05, 4.69) is 21.2 Å². The molecule has 0 fully saturated rings. The van der Waals surface area contributed by atoms with Gasteiger partial charge >= 0.3 is 5.97 Å². The molecule has 0 aromatic heterocycles. The fraction of sp³-hybridized carbons (Fsp3) is 0.200. The van der Waals surface area contributed by atoms with Crippen LogP contribution in [0.1, 0.15) is 18.5 Å². The second-order valence-electron chi connectivity index (χ2n) is 3.14. The van der Waals surface area contributed by atoms with Gasteiger partial charge in [0, 0.05) is 22.0 Å². The Hall–Kier alpha value is -1.07. The zero-order valence-corrected chi connectivity index (χ0v) is 10.7. The van der Waals surface area contributed by atoms with Gasteiger partial charge in [-0.2, -0.15) is 0 Å². The van der Waals surface area contributed by atoms with Crippen molar-refractivity contribution in [3.8, 4) is 0 Å². The smallest absolute Gasteiger partial charge is 0.330 e. The Labute approximate surface area is 106 Å². The molecule has 0 radical (unpaired) electrons. The standard InChI is InChI=1S/C10H9BrClNO3/c1-5(14)13-9(10(15)16)7-4-6(12)2-3-8(7)11/h2-4,9H,1H3,(H,13,14)(H,15,16). The minimum Gasteiger partial charge on any atom is -0.479 e. The third-order valence-electron chi connectivity index (χ3n) is 1.86. The van der Waals surface area contributed by atoms with Crippen LogP contribution in [0.3, 0.4) is 0 Å². The van der Waals surface area contributed by atoms with E-state index in [-0.39, 0.29) is 0 Å². The van der Waals surface area contributed by atoms with E-state index >= 15 is 0 Å². The van der Waals surface area contributed by atoms with E-state index in [9.17, 15) is 9.59 Å². The zero-order chi connectivity index (χ0) is 12.3. The van der Waals surface area contributed by atoms with Gasteiger partial charge in [-0.05, 0) is 18.2 Å². The number of nitrogens with one attached hydrogen (secondary N) is 1. The number of halogens is 2. The van der Waals surface area contributed by atoms with Crippen LogP contribution in [-0.4, -0.2) is 17.0 Å². The average molecular weight is 307 g/mol. The summed E-state index contributed by atoms with van der Waals surface area (Å²) < 4.78 is 0.582. The minimum absolute atomic E-state index is 0.412. The SMILES string of the molecule is CC(=O)NC(C(=O)O)c1cc(Cl)ccc1Br. The molecule has 4 nitrogen and oxygen atoms in total. The third kappa shape index (κ3) is 3.21. The van der Waals surface area contributed by atoms with Gasteiger partial charge < -0.3 is 10.4 Å². The highest BCUT2D eigenvalue weighted by Gasteiger charge is 2.23. The van der Waals surface area contributed by atoms with Crippen LogP contribution < -0.4 is 5.32 Å². The zero-order valence-electron chi connectivity index (χ0n) is 8.33. The lowest BCUT2D eigenvalue weighted by Crippen LogP contribution is -2.32. The molecule has 0 aliphatic heterocycles. The van der Waals surface area contributed by atoms with Gasteiger partial charge in [0.05, 0.1) is 0 Å². The summed E-state index contributed by atoms with van der Waals surface area (Å²) in [7, 11) is 0. The number of amides is 1. The van der Waals surface area contributed by atoms with Gasteiger partial charge in [0.15, 0.2) is 6.04 Å². The van der Waals surface area contributed by atoms with Gasteiger partial charge in [0.2, 0.25) is 5.91 Å². The Balaban J connectivity index is 3.14. The van der Waals surface area contributed by atoms with E-state index in [1.807, 2.05) is 0 Å². The van der Waals surface area contributed by atoms with Crippen LogP contribution in [0.2, 0.25) is 5.02 Å². The molecule has 0 saturated heterocycles. The van der Waals surface area contributed by atoms with Gasteiger partial charge in [-0.15, -0.1) is 0 Å². The van der Waals surface area contributed by atoms with E-state index in [4.69, 9.17) is 16.7 Å². The average Bonchev–Trinajstić information content (AvgIpc) is 2.18. The lowest BCUT2D eigenvalue weighted by atomic mass is 10.1. The van der Waals surface area contributed by atoms with Crippen LogP contribution in [-0.2, 0) is 9.59 Å². The van der Waals surface area contributed by atoms with E-state index < -0.39 is 17.9 Å². The third-order valence-corrected chi connectivity index (χ3v) is 2.82. The molecular formula is C10H9BrClNO3. The molecule has 1 rings (SSSR count). The highest BCUT2D eigenvalue weighted by Crippen LogP contribution is 2.27. The number of aliphatic carboxylic acids is 1. The number of carbonyl (C=O) groups excluding carboxylic acids is 1. The Morgan fingerprint density at radius 1 is 1.50 bits per heavy atom. The van der Waals surface area contributed by atoms with Crippen molar-refractivity contribution in [3.05, 3.63) is 33.3 Å². The number of carboxylic acid groups (broad SMARTS) is 1. The van der Waals surface area contributed by atoms with Crippen molar-refractivity contribution in [1.29, 1.82) is 0 Å². The van der Waals surface area contributed by atoms with Crippen molar-refractivity contribution in [2.75, 3.05) is 0 Å². The molecular weight excluding hydrogens is 297 g/mol. The first-order chi connectivity index (χ1) is 7.41. The molecule has 1 aromatic carbocycles. The molecule has 0 heterocycles. The summed E-state index contributed by atoms with van der Waals surface area (Å²) in [4.78, 5) is 21.9. The predicted octanol–water partition coefficient (Wildman–Crippen LogP) is 2.36. The molecule has 0 aliphatic rings. The van der Waals surface area contributed by atoms with Gasteiger partial charge in [-0.25, -0.2) is 4.79 Å². The molecule has 1 atom stereocenters. The number of hydrogen-bond donors (Lipinski definition) is 2. The fourth-order valence-corrected chi connectivity index (χ4v) is 1.87. The number of carboxylic acids is 1. The summed E-state index contributed by atoms with van der Waals surface area (Å²) in [5, 5.41) is 11.8. The van der Waals surface area contributed by atoms with E-state index in [1.54, 1.807) is 12.1 Å². The van der Waals surface area contributed by atoms with E-state index in [0.717, 1.165) is 0 Å². The molecule has 0 bridgehead atoms. The number of hydrogen-bond acceptors (Lipinski definition) is 2. The molecule has 0 aliphatic carbocycles. The van der Waals surface area contributed by atoms with Crippen molar-refractivity contribution in [1.82, 2.24) is 5.32 Å². The lowest BCUT2D eigenvalue weighted by Gasteiger charge is -2.15. The maximum Gasteiger partial charge on any atom is 0.330 e. The molecule has 16 heavy (non-hydrogen) atoms. The molecule has 1 amide bonds. The second kappa shape index (κ2) is 5.32. The quantitative estimate of drug-likeness (QED) is 0.901. The lowest BCUT2D eigenvalue weighted by molar-refractivity contribution is -0.141. The van der Waals surface area contributed by atoms with Gasteiger partial charge in [-0.1, -0.05) is 27.5 Å². The summed E-state index contributed by atoms with van der Waals surface area (Å²) in [6, 6.07) is 3.66. The Bertz CT molecular complexity index is 436. The van der Waals surface area contributed by atoms with Crippen molar-refractivity contribution < 1.29 is 14.7 Å². The highest BCUT2D eigenvalue weighted by atomic mass is 79.9. The molecule has 0 spiro atoms. The molecule has 0 saturated carbocycles. The Kier molecular flexibility index (Phi) is 4.32. The summed E-state index contributed by atoms with van der Waals surface area (Å²) in [6.07, 6.45) is 0. The first-order valence-corrected chi connectivity index (χ1v) is 5.53. The summed E-state index contributed by atoms with van der Waals surface area (Å²) in [5.74, 6) is -1.56. The largest absolute Gasteiger partial charge is 0.479 e. The second-order valence-corrected chi connectivity index (χ2v) is 4.43. The van der Waals surface area contributed by atoms with Crippen molar-refractivity contribution in [2.24, 2.45) is 0 Å². The molecule has 2 N–H and O–H groups in total. The summed E-state index contributed by atoms with van der Waals surface area (Å²) in [5.41, 5.74) is 0.412. The molecule has 6 heteroatoms. The Morgan fingerprint density at radius 3 is 2.62 bits per heavy atom. The van der Waals surface area contributed by atoms with Crippen LogP contribution in [0.5, 0.6) is 0 Å². The van der Waals surface area contributed by atoms with Crippen LogP contribution in [0.25, 0.3) is 0 Å². The first-order valence-electron chi connectivity index (χ1n) is 4.36. The molecule has 1 aromatic rings. The number of carbonyl (C=O) groups is 2. The van der Waals surface area contributed by atoms with Crippen molar-refractivity contribution in [2.45, 2.75) is 13.0 Å². The maximum absolute atomic E-state index is 11.0. The normalized spacial score (nSPS) is 11.9. The van der Waals surface area contributed by atoms with Crippen LogP contribution in [0.15, 0.2) is 22.7 Å². The van der Waals surface area contributed by atoms with Crippen molar-refractivity contribution in [3.63, 3.8) is 0 Å². The van der Waals surface area contributed by atoms with Crippen LogP contribution in [0, 0.1) is 0 Å². The molecule has 86 valence electrons. The highest BCUT2D eigenvalue weighted by molar-refractivity contribution is 9.10. The van der Waals surface area contributed by atoms with Crippen LogP contribution in [0.4, 0.5) is 0 Å². The topological polar surface area (TPSA) is 66.4 Å². The van der Waals surface area contributed by atoms with E-state index in [1.165, 1.54) is 13.0 Å². The maximum atomic E-state index is 11.0. The minimum atomic E-state index is -1.14. The first kappa shape index (κ1) is 13.0. The van der Waals surface area contributed by atoms with Gasteiger partial charge in [0.25, 0.3) is 0 Å². The summed E-state index contributed by atoms with van der Waals surface area (Å²) >= 11 is 8.99. The number of rotatable bonds is 3. The van der Waals surface area contributed by atoms with Crippen molar-refractivity contribution >= 4 is 39.4 Å². The Morgan fingerprint density at radius 2 is 2.12 bits per heavy atom. The van der Waals surface area contributed by atoms with E-state index in [0.29, 0.717) is 15.1 Å². The fourth-order valence-electron chi connectivity index (χ4n) is 1.21. The molecule has 1 unspecified atom stereocenters. The number of benzene rings is 1. The van der Waals surface area contributed by atoms with Gasteiger partial charge in [-0.3, -0.25) is 4.79 Å². The van der Waals surface area contributed by atoms with Crippen LogP contribution >= 0.6 is 27.5 Å². The van der Waals surface area contributed by atoms with Gasteiger partial charge in [0.1, 0.15) is 0 Å². The monoisotopic (exact) mass is 305 g/mol. The summed E-state index contributed by atoms with van der Waals surface area (Å²) in [6.45, 7) is 1.26. The predicted molar refractivity (Wildman–Crippen MR) is 63.3 cm³/mol.